The number of nitrogens with zero attached hydrogens (tertiary/aromatic N) is 3. The smallest absolute Gasteiger partial charge is 0.134 e. The van der Waals surface area contributed by atoms with Crippen molar-refractivity contribution in [2.45, 2.75) is 40.2 Å². The van der Waals surface area contributed by atoms with E-state index >= 15 is 0 Å². The zero-order chi connectivity index (χ0) is 14.0. The second-order valence-electron chi connectivity index (χ2n) is 6.46. The van der Waals surface area contributed by atoms with E-state index < -0.39 is 0 Å². The molecule has 5 nitrogen and oxygen atoms in total. The Morgan fingerprint density at radius 3 is 2.74 bits per heavy atom. The summed E-state index contributed by atoms with van der Waals surface area (Å²) in [6.07, 6.45) is 0.578. The first-order chi connectivity index (χ1) is 8.83. The number of hydrogen-bond donors (Lipinski definition) is 2. The van der Waals surface area contributed by atoms with E-state index in [1.165, 1.54) is 0 Å². The molecule has 1 unspecified atom stereocenters. The van der Waals surface area contributed by atoms with Gasteiger partial charge < -0.3 is 15.3 Å². The molecule has 1 aromatic rings. The van der Waals surface area contributed by atoms with E-state index in [2.05, 4.69) is 41.0 Å². The maximum absolute atomic E-state index is 9.61. The summed E-state index contributed by atoms with van der Waals surface area (Å²) in [5, 5.41) is 13.0. The molecule has 0 aromatic carbocycles. The molecule has 1 saturated heterocycles. The topological polar surface area (TPSA) is 61.3 Å². The van der Waals surface area contributed by atoms with Crippen molar-refractivity contribution in [3.05, 3.63) is 11.9 Å². The van der Waals surface area contributed by atoms with Gasteiger partial charge in [-0.2, -0.15) is 0 Å². The Morgan fingerprint density at radius 1 is 1.42 bits per heavy atom. The minimum absolute atomic E-state index is 0.211. The van der Waals surface area contributed by atoms with Crippen molar-refractivity contribution in [1.29, 1.82) is 0 Å². The van der Waals surface area contributed by atoms with Crippen LogP contribution in [-0.2, 0) is 0 Å². The first-order valence-electron chi connectivity index (χ1n) is 6.86. The molecule has 1 fully saturated rings. The van der Waals surface area contributed by atoms with E-state index in [0.717, 1.165) is 37.0 Å². The number of anilines is 2. The van der Waals surface area contributed by atoms with Gasteiger partial charge in [-0.1, -0.05) is 20.8 Å². The van der Waals surface area contributed by atoms with Crippen molar-refractivity contribution < 1.29 is 5.11 Å². The third-order valence-corrected chi connectivity index (χ3v) is 3.11. The van der Waals surface area contributed by atoms with Crippen molar-refractivity contribution in [3.63, 3.8) is 0 Å². The van der Waals surface area contributed by atoms with Crippen LogP contribution in [0.3, 0.4) is 0 Å². The molecule has 0 saturated carbocycles. The van der Waals surface area contributed by atoms with Gasteiger partial charge in [0, 0.05) is 25.7 Å². The monoisotopic (exact) mass is 264 g/mol. The summed E-state index contributed by atoms with van der Waals surface area (Å²) >= 11 is 0. The Morgan fingerprint density at radius 2 is 2.16 bits per heavy atom. The molecule has 19 heavy (non-hydrogen) atoms. The van der Waals surface area contributed by atoms with Gasteiger partial charge in [-0.25, -0.2) is 9.97 Å². The first-order valence-corrected chi connectivity index (χ1v) is 6.86. The van der Waals surface area contributed by atoms with Gasteiger partial charge in [-0.3, -0.25) is 0 Å². The highest BCUT2D eigenvalue weighted by atomic mass is 16.3. The van der Waals surface area contributed by atoms with Crippen LogP contribution in [0.4, 0.5) is 11.6 Å². The van der Waals surface area contributed by atoms with E-state index in [-0.39, 0.29) is 11.5 Å². The molecule has 1 atom stereocenters. The number of aliphatic hydroxyl groups is 1. The Kier molecular flexibility index (Phi) is 3.94. The van der Waals surface area contributed by atoms with Gasteiger partial charge in [0.25, 0.3) is 0 Å². The zero-order valence-corrected chi connectivity index (χ0v) is 12.3. The third kappa shape index (κ3) is 4.06. The van der Waals surface area contributed by atoms with Crippen molar-refractivity contribution in [2.24, 2.45) is 5.41 Å². The molecule has 5 heteroatoms. The SMILES string of the molecule is Cc1nc(NCC(C)(C)C)cc(N2CCC(O)C2)n1. The van der Waals surface area contributed by atoms with Crippen LogP contribution in [0.1, 0.15) is 33.0 Å². The minimum Gasteiger partial charge on any atom is -0.391 e. The molecule has 2 N–H and O–H groups in total. The maximum atomic E-state index is 9.61. The standard InChI is InChI=1S/C14H24N4O/c1-10-16-12(15-9-14(2,3)4)7-13(17-10)18-6-5-11(19)8-18/h7,11,19H,5-6,8-9H2,1-4H3,(H,15,16,17). The van der Waals surface area contributed by atoms with Gasteiger partial charge in [0.05, 0.1) is 6.10 Å². The molecule has 0 bridgehead atoms. The fourth-order valence-corrected chi connectivity index (χ4v) is 2.11. The average Bonchev–Trinajstić information content (AvgIpc) is 2.72. The van der Waals surface area contributed by atoms with Crippen molar-refractivity contribution in [1.82, 2.24) is 9.97 Å². The van der Waals surface area contributed by atoms with Crippen LogP contribution in [-0.4, -0.2) is 40.8 Å². The van der Waals surface area contributed by atoms with Crippen molar-refractivity contribution in [3.8, 4) is 0 Å². The fraction of sp³-hybridized carbons (Fsp3) is 0.714. The lowest BCUT2D eigenvalue weighted by Gasteiger charge is -2.21. The Balaban J connectivity index is 2.11. The minimum atomic E-state index is -0.235. The summed E-state index contributed by atoms with van der Waals surface area (Å²) in [5.74, 6) is 2.52. The molecule has 0 aliphatic carbocycles. The predicted octanol–water partition coefficient (Wildman–Crippen LogP) is 1.81. The molecule has 106 valence electrons. The van der Waals surface area contributed by atoms with Crippen molar-refractivity contribution >= 4 is 11.6 Å². The summed E-state index contributed by atoms with van der Waals surface area (Å²) in [4.78, 5) is 11.0. The average molecular weight is 264 g/mol. The summed E-state index contributed by atoms with van der Waals surface area (Å²) in [6, 6.07) is 1.97. The van der Waals surface area contributed by atoms with Crippen LogP contribution in [0, 0.1) is 12.3 Å². The number of aryl methyl sites for hydroxylation is 1. The highest BCUT2D eigenvalue weighted by molar-refractivity contribution is 5.50. The number of β-amino-alcohol motifs (C(OH)–C–C–N with tert-alkyl or cyclic N) is 1. The lowest BCUT2D eigenvalue weighted by atomic mass is 9.97. The largest absolute Gasteiger partial charge is 0.391 e. The summed E-state index contributed by atoms with van der Waals surface area (Å²) in [5.41, 5.74) is 0.211. The first kappa shape index (κ1) is 14.1. The maximum Gasteiger partial charge on any atom is 0.134 e. The predicted molar refractivity (Wildman–Crippen MR) is 77.6 cm³/mol. The Labute approximate surface area is 115 Å². The molecule has 1 aliphatic rings. The molecule has 2 rings (SSSR count). The van der Waals surface area contributed by atoms with E-state index in [1.807, 2.05) is 13.0 Å². The van der Waals surface area contributed by atoms with Crippen LogP contribution in [0.15, 0.2) is 6.07 Å². The molecule has 2 heterocycles. The van der Waals surface area contributed by atoms with Crippen LogP contribution < -0.4 is 10.2 Å². The number of hydrogen-bond acceptors (Lipinski definition) is 5. The van der Waals surface area contributed by atoms with E-state index in [4.69, 9.17) is 0 Å². The molecular formula is C14H24N4O. The number of aliphatic hydroxyl groups excluding tert-OH is 1. The third-order valence-electron chi connectivity index (χ3n) is 3.11. The lowest BCUT2D eigenvalue weighted by molar-refractivity contribution is 0.198. The van der Waals surface area contributed by atoms with Gasteiger partial charge in [0.15, 0.2) is 0 Å². The summed E-state index contributed by atoms with van der Waals surface area (Å²) in [7, 11) is 0. The van der Waals surface area contributed by atoms with Gasteiger partial charge in [0.2, 0.25) is 0 Å². The second kappa shape index (κ2) is 5.33. The number of aromatic nitrogens is 2. The highest BCUT2D eigenvalue weighted by Gasteiger charge is 2.22. The van der Waals surface area contributed by atoms with Crippen LogP contribution in [0.25, 0.3) is 0 Å². The second-order valence-corrected chi connectivity index (χ2v) is 6.46. The van der Waals surface area contributed by atoms with Gasteiger partial charge in [-0.15, -0.1) is 0 Å². The summed E-state index contributed by atoms with van der Waals surface area (Å²) < 4.78 is 0. The fourth-order valence-electron chi connectivity index (χ4n) is 2.11. The zero-order valence-electron chi connectivity index (χ0n) is 12.3. The van der Waals surface area contributed by atoms with E-state index in [1.54, 1.807) is 0 Å². The van der Waals surface area contributed by atoms with Gasteiger partial charge >= 0.3 is 0 Å². The molecular weight excluding hydrogens is 240 g/mol. The molecule has 0 spiro atoms. The van der Waals surface area contributed by atoms with Crippen LogP contribution >= 0.6 is 0 Å². The number of nitrogens with one attached hydrogen (secondary N) is 1. The van der Waals surface area contributed by atoms with Gasteiger partial charge in [0.1, 0.15) is 17.5 Å². The van der Waals surface area contributed by atoms with Gasteiger partial charge in [-0.05, 0) is 18.8 Å². The van der Waals surface area contributed by atoms with Crippen LogP contribution in [0.2, 0.25) is 0 Å². The number of rotatable bonds is 3. The van der Waals surface area contributed by atoms with Crippen LogP contribution in [0.5, 0.6) is 0 Å². The Hall–Kier alpha value is -1.36. The highest BCUT2D eigenvalue weighted by Crippen LogP contribution is 2.22. The lowest BCUT2D eigenvalue weighted by Crippen LogP contribution is -2.24. The quantitative estimate of drug-likeness (QED) is 0.872. The molecule has 0 amide bonds. The molecule has 1 aromatic heterocycles. The molecule has 0 radical (unpaired) electrons. The Bertz CT molecular complexity index is 442. The van der Waals surface area contributed by atoms with E-state index in [9.17, 15) is 5.11 Å². The van der Waals surface area contributed by atoms with E-state index in [0.29, 0.717) is 6.54 Å². The summed E-state index contributed by atoms with van der Waals surface area (Å²) in [6.45, 7) is 10.8. The van der Waals surface area contributed by atoms with Crippen molar-refractivity contribution in [2.75, 3.05) is 29.9 Å². The normalized spacial score (nSPS) is 19.8. The molecule has 1 aliphatic heterocycles.